The topological polar surface area (TPSA) is 111 Å². The van der Waals surface area contributed by atoms with Crippen LogP contribution in [0.2, 0.25) is 0 Å². The number of ether oxygens (including phenoxy) is 1. The summed E-state index contributed by atoms with van der Waals surface area (Å²) in [6.07, 6.45) is 0. The van der Waals surface area contributed by atoms with Crippen LogP contribution < -0.4 is 0 Å². The van der Waals surface area contributed by atoms with E-state index in [-0.39, 0.29) is 23.5 Å². The monoisotopic (exact) mass is 460 g/mol. The Kier molecular flexibility index (Phi) is 6.26. The first-order valence-electron chi connectivity index (χ1n) is 9.83. The van der Waals surface area contributed by atoms with Gasteiger partial charge in [0.2, 0.25) is 10.0 Å². The summed E-state index contributed by atoms with van der Waals surface area (Å²) in [6.45, 7) is 1.72. The highest BCUT2D eigenvalue weighted by atomic mass is 32.2. The molecule has 12 heteroatoms. The quantitative estimate of drug-likeness (QED) is 0.503. The van der Waals surface area contributed by atoms with Gasteiger partial charge in [-0.2, -0.15) is 8.99 Å². The average molecular weight is 460 g/mol. The first kappa shape index (κ1) is 22.0. The molecular formula is C20H21FN6O4S. The SMILES string of the molecule is COC(=O)c1ccccc1S(=O)(=O)N1CCN(Cc2nnnn2-c2cccc(F)c2)CC1. The van der Waals surface area contributed by atoms with E-state index < -0.39 is 21.8 Å². The van der Waals surface area contributed by atoms with E-state index in [9.17, 15) is 17.6 Å². The van der Waals surface area contributed by atoms with Gasteiger partial charge in [-0.1, -0.05) is 18.2 Å². The van der Waals surface area contributed by atoms with Crippen LogP contribution in [0, 0.1) is 5.82 Å². The smallest absolute Gasteiger partial charge is 0.339 e. The number of sulfonamides is 1. The van der Waals surface area contributed by atoms with Gasteiger partial charge in [-0.25, -0.2) is 17.6 Å². The Bertz CT molecular complexity index is 1220. The number of benzene rings is 2. The van der Waals surface area contributed by atoms with Gasteiger partial charge in [-0.15, -0.1) is 5.10 Å². The van der Waals surface area contributed by atoms with E-state index in [0.29, 0.717) is 31.1 Å². The molecule has 32 heavy (non-hydrogen) atoms. The second kappa shape index (κ2) is 9.10. The third-order valence-corrected chi connectivity index (χ3v) is 7.15. The summed E-state index contributed by atoms with van der Waals surface area (Å²) in [5.41, 5.74) is 0.511. The maximum Gasteiger partial charge on any atom is 0.339 e. The van der Waals surface area contributed by atoms with Crippen LogP contribution in [0.3, 0.4) is 0 Å². The van der Waals surface area contributed by atoms with E-state index in [1.807, 2.05) is 4.90 Å². The number of aromatic nitrogens is 4. The van der Waals surface area contributed by atoms with Gasteiger partial charge in [-0.3, -0.25) is 4.90 Å². The molecule has 0 atom stereocenters. The molecule has 0 aliphatic carbocycles. The number of halogens is 1. The summed E-state index contributed by atoms with van der Waals surface area (Å²) in [6, 6.07) is 11.9. The van der Waals surface area contributed by atoms with Crippen molar-refractivity contribution in [3.63, 3.8) is 0 Å². The van der Waals surface area contributed by atoms with E-state index >= 15 is 0 Å². The zero-order valence-corrected chi connectivity index (χ0v) is 18.1. The molecular weight excluding hydrogens is 439 g/mol. The van der Waals surface area contributed by atoms with E-state index in [2.05, 4.69) is 15.5 Å². The lowest BCUT2D eigenvalue weighted by Gasteiger charge is -2.33. The molecule has 0 saturated carbocycles. The molecule has 2 heterocycles. The van der Waals surface area contributed by atoms with Crippen LogP contribution in [0.1, 0.15) is 16.2 Å². The Hall–Kier alpha value is -3.22. The maximum absolute atomic E-state index is 13.6. The molecule has 1 fully saturated rings. The minimum atomic E-state index is -3.87. The molecule has 2 aromatic carbocycles. The summed E-state index contributed by atoms with van der Waals surface area (Å²) in [5.74, 6) is -0.579. The van der Waals surface area contributed by atoms with Crippen LogP contribution in [0.25, 0.3) is 5.69 Å². The molecule has 1 aliphatic rings. The molecule has 1 saturated heterocycles. The standard InChI is InChI=1S/C20H21FN6O4S/c1-31-20(28)17-7-2-3-8-18(17)32(29,30)26-11-9-25(10-12-26)14-19-22-23-24-27(19)16-6-4-5-15(21)13-16/h2-8,13H,9-12,14H2,1H3. The van der Waals surface area contributed by atoms with Crippen LogP contribution in [-0.2, 0) is 21.3 Å². The predicted octanol–water partition coefficient (Wildman–Crippen LogP) is 1.09. The summed E-state index contributed by atoms with van der Waals surface area (Å²) < 4.78 is 47.4. The molecule has 0 N–H and O–H groups in total. The summed E-state index contributed by atoms with van der Waals surface area (Å²) in [4.78, 5) is 13.9. The van der Waals surface area contributed by atoms with Crippen molar-refractivity contribution in [2.75, 3.05) is 33.3 Å². The molecule has 4 rings (SSSR count). The van der Waals surface area contributed by atoms with E-state index in [1.165, 1.54) is 40.4 Å². The summed E-state index contributed by atoms with van der Waals surface area (Å²) in [5, 5.41) is 11.6. The van der Waals surface area contributed by atoms with Crippen LogP contribution in [0.15, 0.2) is 53.4 Å². The molecule has 0 unspecified atom stereocenters. The van der Waals surface area contributed by atoms with Crippen LogP contribution in [0.4, 0.5) is 4.39 Å². The molecule has 0 bridgehead atoms. The number of rotatable bonds is 6. The summed E-state index contributed by atoms with van der Waals surface area (Å²) in [7, 11) is -2.66. The zero-order chi connectivity index (χ0) is 22.7. The second-order valence-electron chi connectivity index (χ2n) is 7.15. The number of tetrazole rings is 1. The van der Waals surface area contributed by atoms with Gasteiger partial charge < -0.3 is 4.74 Å². The van der Waals surface area contributed by atoms with Gasteiger partial charge in [0.05, 0.1) is 29.8 Å². The van der Waals surface area contributed by atoms with Gasteiger partial charge in [0.1, 0.15) is 5.82 Å². The Morgan fingerprint density at radius 2 is 1.84 bits per heavy atom. The molecule has 1 aromatic heterocycles. The van der Waals surface area contributed by atoms with Gasteiger partial charge in [-0.05, 0) is 40.8 Å². The highest BCUT2D eigenvalue weighted by Gasteiger charge is 2.32. The fraction of sp³-hybridized carbons (Fsp3) is 0.300. The number of hydrogen-bond donors (Lipinski definition) is 0. The molecule has 10 nitrogen and oxygen atoms in total. The molecule has 0 amide bonds. The maximum atomic E-state index is 13.6. The van der Waals surface area contributed by atoms with Crippen molar-refractivity contribution in [3.05, 3.63) is 65.7 Å². The predicted molar refractivity (Wildman–Crippen MR) is 111 cm³/mol. The number of carbonyl (C=O) groups excluding carboxylic acids is 1. The number of piperazine rings is 1. The van der Waals surface area contributed by atoms with E-state index in [1.54, 1.807) is 24.3 Å². The van der Waals surface area contributed by atoms with E-state index in [0.717, 1.165) is 0 Å². The highest BCUT2D eigenvalue weighted by Crippen LogP contribution is 2.23. The van der Waals surface area contributed by atoms with Crippen molar-refractivity contribution in [3.8, 4) is 5.69 Å². The van der Waals surface area contributed by atoms with Crippen molar-refractivity contribution in [2.45, 2.75) is 11.4 Å². The lowest BCUT2D eigenvalue weighted by molar-refractivity contribution is 0.0596. The number of methoxy groups -OCH3 is 1. The van der Waals surface area contributed by atoms with Crippen LogP contribution >= 0.6 is 0 Å². The van der Waals surface area contributed by atoms with Crippen molar-refractivity contribution < 1.29 is 22.3 Å². The molecule has 168 valence electrons. The van der Waals surface area contributed by atoms with E-state index in [4.69, 9.17) is 4.74 Å². The molecule has 3 aromatic rings. The van der Waals surface area contributed by atoms with Crippen molar-refractivity contribution in [1.82, 2.24) is 29.4 Å². The minimum absolute atomic E-state index is 0.00620. The number of carbonyl (C=O) groups is 1. The second-order valence-corrected chi connectivity index (χ2v) is 9.06. The van der Waals surface area contributed by atoms with Gasteiger partial charge in [0, 0.05) is 26.2 Å². The first-order chi connectivity index (χ1) is 15.4. The fourth-order valence-electron chi connectivity index (χ4n) is 3.55. The van der Waals surface area contributed by atoms with Crippen LogP contribution in [0.5, 0.6) is 0 Å². The van der Waals surface area contributed by atoms with Gasteiger partial charge >= 0.3 is 5.97 Å². The Morgan fingerprint density at radius 1 is 1.09 bits per heavy atom. The highest BCUT2D eigenvalue weighted by molar-refractivity contribution is 7.89. The normalized spacial score (nSPS) is 15.6. The average Bonchev–Trinajstić information content (AvgIpc) is 3.27. The van der Waals surface area contributed by atoms with Gasteiger partial charge in [0.25, 0.3) is 0 Å². The first-order valence-corrected chi connectivity index (χ1v) is 11.3. The Morgan fingerprint density at radius 3 is 2.56 bits per heavy atom. The third kappa shape index (κ3) is 4.38. The van der Waals surface area contributed by atoms with Gasteiger partial charge in [0.15, 0.2) is 5.82 Å². The zero-order valence-electron chi connectivity index (χ0n) is 17.3. The van der Waals surface area contributed by atoms with Crippen molar-refractivity contribution in [2.24, 2.45) is 0 Å². The lowest BCUT2D eigenvalue weighted by Crippen LogP contribution is -2.48. The number of nitrogens with zero attached hydrogens (tertiary/aromatic N) is 6. The fourth-order valence-corrected chi connectivity index (χ4v) is 5.15. The Balaban J connectivity index is 1.46. The lowest BCUT2D eigenvalue weighted by atomic mass is 10.2. The molecule has 1 aliphatic heterocycles. The largest absolute Gasteiger partial charge is 0.465 e. The Labute approximate surface area is 184 Å². The van der Waals surface area contributed by atoms with Crippen molar-refractivity contribution >= 4 is 16.0 Å². The minimum Gasteiger partial charge on any atom is -0.465 e. The number of hydrogen-bond acceptors (Lipinski definition) is 8. The summed E-state index contributed by atoms with van der Waals surface area (Å²) >= 11 is 0. The van der Waals surface area contributed by atoms with Crippen LogP contribution in [-0.4, -0.2) is 77.1 Å². The number of esters is 1. The molecule has 0 radical (unpaired) electrons. The molecule has 0 spiro atoms. The van der Waals surface area contributed by atoms with Crippen molar-refractivity contribution in [1.29, 1.82) is 0 Å². The third-order valence-electron chi connectivity index (χ3n) is 5.19.